The highest BCUT2D eigenvalue weighted by molar-refractivity contribution is 5.87. The second-order valence-corrected chi connectivity index (χ2v) is 5.02. The van der Waals surface area contributed by atoms with Gasteiger partial charge in [0.25, 0.3) is 0 Å². The average molecular weight is 240 g/mol. The molecule has 2 rings (SSSR count). The molecule has 96 valence electrons. The van der Waals surface area contributed by atoms with Crippen molar-refractivity contribution in [1.29, 1.82) is 0 Å². The minimum atomic E-state index is -0.346. The van der Waals surface area contributed by atoms with E-state index in [0.29, 0.717) is 6.54 Å². The van der Waals surface area contributed by atoms with Crippen molar-refractivity contribution in [2.24, 2.45) is 17.6 Å². The predicted octanol–water partition coefficient (Wildman–Crippen LogP) is 0.182. The number of rotatable bonds is 4. The van der Waals surface area contributed by atoms with E-state index in [-0.39, 0.29) is 35.9 Å². The second-order valence-electron chi connectivity index (χ2n) is 5.02. The van der Waals surface area contributed by atoms with Crippen LogP contribution >= 0.6 is 0 Å². The summed E-state index contributed by atoms with van der Waals surface area (Å²) >= 11 is 0. The Morgan fingerprint density at radius 3 is 2.41 bits per heavy atom. The molecular formula is C12H20N2O3. The molecule has 1 aliphatic heterocycles. The molecule has 2 amide bonds. The average Bonchev–Trinajstić information content (AvgIpc) is 3.02. The van der Waals surface area contributed by atoms with Gasteiger partial charge in [0.15, 0.2) is 0 Å². The first kappa shape index (κ1) is 12.4. The summed E-state index contributed by atoms with van der Waals surface area (Å²) in [6, 6.07) is 0. The van der Waals surface area contributed by atoms with Crippen molar-refractivity contribution < 1.29 is 14.3 Å². The van der Waals surface area contributed by atoms with E-state index in [0.717, 1.165) is 25.7 Å². The Labute approximate surface area is 101 Å². The Bertz CT molecular complexity index is 319. The number of primary amides is 1. The molecule has 0 aromatic carbocycles. The first-order chi connectivity index (χ1) is 8.09. The first-order valence-corrected chi connectivity index (χ1v) is 6.32. The second kappa shape index (κ2) is 5.04. The summed E-state index contributed by atoms with van der Waals surface area (Å²) in [5.74, 6) is -0.923. The van der Waals surface area contributed by atoms with Crippen LogP contribution in [-0.4, -0.2) is 30.6 Å². The summed E-state index contributed by atoms with van der Waals surface area (Å²) < 4.78 is 5.22. The van der Waals surface area contributed by atoms with Gasteiger partial charge in [0.2, 0.25) is 11.8 Å². The third-order valence-electron chi connectivity index (χ3n) is 3.78. The summed E-state index contributed by atoms with van der Waals surface area (Å²) in [4.78, 5) is 23.3. The molecule has 4 atom stereocenters. The van der Waals surface area contributed by atoms with Gasteiger partial charge in [0.1, 0.15) is 6.10 Å². The van der Waals surface area contributed by atoms with Gasteiger partial charge in [-0.15, -0.1) is 0 Å². The number of nitrogens with one attached hydrogen (secondary N) is 1. The number of hydrogen-bond acceptors (Lipinski definition) is 3. The molecule has 5 heteroatoms. The molecule has 0 aromatic heterocycles. The quantitative estimate of drug-likeness (QED) is 0.687. The highest BCUT2D eigenvalue weighted by Crippen LogP contribution is 2.30. The van der Waals surface area contributed by atoms with E-state index in [1.54, 1.807) is 0 Å². The Hall–Kier alpha value is -1.10. The Morgan fingerprint density at radius 2 is 1.88 bits per heavy atom. The van der Waals surface area contributed by atoms with Gasteiger partial charge < -0.3 is 15.8 Å². The van der Waals surface area contributed by atoms with Crippen LogP contribution in [0.3, 0.4) is 0 Å². The lowest BCUT2D eigenvalue weighted by Gasteiger charge is -2.28. The lowest BCUT2D eigenvalue weighted by atomic mass is 9.78. The SMILES string of the molecule is CC1OC1CNC(=O)C1CCCCC1C(N)=O. The van der Waals surface area contributed by atoms with E-state index in [1.165, 1.54) is 0 Å². The van der Waals surface area contributed by atoms with E-state index < -0.39 is 0 Å². The fourth-order valence-electron chi connectivity index (χ4n) is 2.56. The van der Waals surface area contributed by atoms with Crippen LogP contribution in [0.4, 0.5) is 0 Å². The maximum absolute atomic E-state index is 12.0. The van der Waals surface area contributed by atoms with Crippen LogP contribution in [0.2, 0.25) is 0 Å². The van der Waals surface area contributed by atoms with Crippen LogP contribution in [0.25, 0.3) is 0 Å². The molecule has 17 heavy (non-hydrogen) atoms. The van der Waals surface area contributed by atoms with Gasteiger partial charge in [-0.05, 0) is 19.8 Å². The molecule has 0 spiro atoms. The van der Waals surface area contributed by atoms with Crippen LogP contribution < -0.4 is 11.1 Å². The fourth-order valence-corrected chi connectivity index (χ4v) is 2.56. The molecule has 3 N–H and O–H groups in total. The van der Waals surface area contributed by atoms with Crippen LogP contribution in [-0.2, 0) is 14.3 Å². The maximum Gasteiger partial charge on any atom is 0.224 e. The van der Waals surface area contributed by atoms with Crippen molar-refractivity contribution in [2.75, 3.05) is 6.54 Å². The van der Waals surface area contributed by atoms with E-state index in [1.807, 2.05) is 6.92 Å². The van der Waals surface area contributed by atoms with Crippen LogP contribution in [0, 0.1) is 11.8 Å². The van der Waals surface area contributed by atoms with Gasteiger partial charge in [-0.2, -0.15) is 0 Å². The van der Waals surface area contributed by atoms with Gasteiger partial charge in [0, 0.05) is 18.4 Å². The molecule has 0 radical (unpaired) electrons. The standard InChI is InChI=1S/C12H20N2O3/c1-7-10(17-7)6-14-12(16)9-5-3-2-4-8(9)11(13)15/h7-10H,2-6H2,1H3,(H2,13,15)(H,14,16). The highest BCUT2D eigenvalue weighted by Gasteiger charge is 2.37. The molecule has 1 saturated carbocycles. The minimum Gasteiger partial charge on any atom is -0.369 e. The maximum atomic E-state index is 12.0. The largest absolute Gasteiger partial charge is 0.369 e. The molecule has 2 aliphatic rings. The van der Waals surface area contributed by atoms with Crippen LogP contribution in [0.5, 0.6) is 0 Å². The number of amides is 2. The van der Waals surface area contributed by atoms with Gasteiger partial charge in [-0.1, -0.05) is 12.8 Å². The van der Waals surface area contributed by atoms with Gasteiger partial charge in [-0.3, -0.25) is 9.59 Å². The molecule has 1 aliphatic carbocycles. The summed E-state index contributed by atoms with van der Waals surface area (Å²) in [6.45, 7) is 2.52. The molecule has 4 unspecified atom stereocenters. The third kappa shape index (κ3) is 2.97. The van der Waals surface area contributed by atoms with E-state index in [4.69, 9.17) is 10.5 Å². The molecule has 0 aromatic rings. The molecule has 1 saturated heterocycles. The first-order valence-electron chi connectivity index (χ1n) is 6.32. The monoisotopic (exact) mass is 240 g/mol. The van der Waals surface area contributed by atoms with Gasteiger partial charge in [-0.25, -0.2) is 0 Å². The number of hydrogen-bond donors (Lipinski definition) is 2. The lowest BCUT2D eigenvalue weighted by Crippen LogP contribution is -2.43. The predicted molar refractivity (Wildman–Crippen MR) is 62.0 cm³/mol. The van der Waals surface area contributed by atoms with Crippen molar-refractivity contribution in [3.63, 3.8) is 0 Å². The number of epoxide rings is 1. The van der Waals surface area contributed by atoms with Gasteiger partial charge >= 0.3 is 0 Å². The highest BCUT2D eigenvalue weighted by atomic mass is 16.6. The van der Waals surface area contributed by atoms with Crippen LogP contribution in [0.1, 0.15) is 32.6 Å². The summed E-state index contributed by atoms with van der Waals surface area (Å²) in [6.07, 6.45) is 3.88. The van der Waals surface area contributed by atoms with Crippen molar-refractivity contribution in [2.45, 2.75) is 44.8 Å². The van der Waals surface area contributed by atoms with E-state index >= 15 is 0 Å². The Morgan fingerprint density at radius 1 is 1.29 bits per heavy atom. The lowest BCUT2D eigenvalue weighted by molar-refractivity contribution is -0.134. The number of ether oxygens (including phenoxy) is 1. The number of nitrogens with two attached hydrogens (primary N) is 1. The summed E-state index contributed by atoms with van der Waals surface area (Å²) in [7, 11) is 0. The zero-order valence-electron chi connectivity index (χ0n) is 10.1. The summed E-state index contributed by atoms with van der Waals surface area (Å²) in [5.41, 5.74) is 5.34. The molecule has 2 fully saturated rings. The van der Waals surface area contributed by atoms with Crippen molar-refractivity contribution in [1.82, 2.24) is 5.32 Å². The zero-order valence-corrected chi connectivity index (χ0v) is 10.1. The van der Waals surface area contributed by atoms with Crippen molar-refractivity contribution in [3.8, 4) is 0 Å². The van der Waals surface area contributed by atoms with Crippen molar-refractivity contribution in [3.05, 3.63) is 0 Å². The fraction of sp³-hybridized carbons (Fsp3) is 0.833. The van der Waals surface area contributed by atoms with E-state index in [2.05, 4.69) is 5.32 Å². The Balaban J connectivity index is 1.84. The van der Waals surface area contributed by atoms with Crippen LogP contribution in [0.15, 0.2) is 0 Å². The summed E-state index contributed by atoms with van der Waals surface area (Å²) in [5, 5.41) is 2.86. The minimum absolute atomic E-state index is 0.0452. The molecule has 1 heterocycles. The van der Waals surface area contributed by atoms with Gasteiger partial charge in [0.05, 0.1) is 6.10 Å². The number of carbonyl (C=O) groups is 2. The van der Waals surface area contributed by atoms with Crippen molar-refractivity contribution >= 4 is 11.8 Å². The normalized spacial score (nSPS) is 36.3. The Kier molecular flexibility index (Phi) is 3.66. The zero-order chi connectivity index (χ0) is 12.4. The molecule has 0 bridgehead atoms. The third-order valence-corrected chi connectivity index (χ3v) is 3.78. The molecule has 5 nitrogen and oxygen atoms in total. The topological polar surface area (TPSA) is 84.7 Å². The number of carbonyl (C=O) groups excluding carboxylic acids is 2. The molecular weight excluding hydrogens is 220 g/mol. The van der Waals surface area contributed by atoms with E-state index in [9.17, 15) is 9.59 Å². The smallest absolute Gasteiger partial charge is 0.224 e.